The fourth-order valence-electron chi connectivity index (χ4n) is 1.45. The molecule has 1 atom stereocenters. The summed E-state index contributed by atoms with van der Waals surface area (Å²) < 4.78 is 4.94. The van der Waals surface area contributed by atoms with E-state index in [2.05, 4.69) is 5.32 Å². The van der Waals surface area contributed by atoms with E-state index >= 15 is 0 Å². The van der Waals surface area contributed by atoms with Crippen molar-refractivity contribution in [2.45, 2.75) is 25.9 Å². The van der Waals surface area contributed by atoms with Crippen LogP contribution in [0.15, 0.2) is 0 Å². The fraction of sp³-hybridized carbons (Fsp3) is 0.900. The molecule has 0 radical (unpaired) electrons. The molecule has 1 aliphatic rings. The molecule has 1 rings (SSSR count). The van der Waals surface area contributed by atoms with E-state index in [0.717, 1.165) is 6.54 Å². The van der Waals surface area contributed by atoms with Crippen LogP contribution < -0.4 is 5.32 Å². The van der Waals surface area contributed by atoms with Crippen molar-refractivity contribution in [2.24, 2.45) is 5.92 Å². The molecule has 1 amide bonds. The Morgan fingerprint density at radius 2 is 2.21 bits per heavy atom. The van der Waals surface area contributed by atoms with E-state index in [1.165, 1.54) is 24.3 Å². The summed E-state index contributed by atoms with van der Waals surface area (Å²) in [5.41, 5.74) is 0. The van der Waals surface area contributed by atoms with Gasteiger partial charge in [0.15, 0.2) is 0 Å². The average molecular weight is 217 g/mol. The predicted molar refractivity (Wildman–Crippen MR) is 59.5 cm³/mol. The van der Waals surface area contributed by atoms with E-state index in [0.29, 0.717) is 5.92 Å². The van der Waals surface area contributed by atoms with Crippen LogP contribution in [0, 0.1) is 5.92 Å². The monoisotopic (exact) mass is 217 g/mol. The van der Waals surface area contributed by atoms with Crippen molar-refractivity contribution in [3.63, 3.8) is 0 Å². The smallest absolute Gasteiger partial charge is 0.248 e. The SMILES string of the molecule is COC(C)C(=O)NCC1CCSCC1. The number of amides is 1. The van der Waals surface area contributed by atoms with Crippen LogP contribution in [-0.2, 0) is 9.53 Å². The van der Waals surface area contributed by atoms with Gasteiger partial charge in [0.2, 0.25) is 5.91 Å². The lowest BCUT2D eigenvalue weighted by atomic mass is 10.0. The van der Waals surface area contributed by atoms with Crippen molar-refractivity contribution in [3.05, 3.63) is 0 Å². The first kappa shape index (κ1) is 11.9. The highest BCUT2D eigenvalue weighted by molar-refractivity contribution is 7.99. The van der Waals surface area contributed by atoms with Crippen LogP contribution in [0.4, 0.5) is 0 Å². The van der Waals surface area contributed by atoms with Gasteiger partial charge in [0.25, 0.3) is 0 Å². The van der Waals surface area contributed by atoms with Gasteiger partial charge in [0.1, 0.15) is 6.10 Å². The maximum atomic E-state index is 11.4. The second kappa shape index (κ2) is 6.30. The number of carbonyl (C=O) groups excluding carboxylic acids is 1. The molecule has 0 saturated carbocycles. The van der Waals surface area contributed by atoms with Crippen molar-refractivity contribution in [3.8, 4) is 0 Å². The number of hydrogen-bond acceptors (Lipinski definition) is 3. The van der Waals surface area contributed by atoms with Crippen LogP contribution in [-0.4, -0.2) is 37.2 Å². The minimum atomic E-state index is -0.326. The summed E-state index contributed by atoms with van der Waals surface area (Å²) in [7, 11) is 1.56. The standard InChI is InChI=1S/C10H19NO2S/c1-8(13-2)10(12)11-7-9-3-5-14-6-4-9/h8-9H,3-7H2,1-2H3,(H,11,12). The summed E-state index contributed by atoms with van der Waals surface area (Å²) >= 11 is 2.01. The van der Waals surface area contributed by atoms with Crippen molar-refractivity contribution >= 4 is 17.7 Å². The zero-order chi connectivity index (χ0) is 10.4. The van der Waals surface area contributed by atoms with Gasteiger partial charge in [-0.05, 0) is 37.2 Å². The molecule has 1 aliphatic heterocycles. The molecule has 0 aliphatic carbocycles. The van der Waals surface area contributed by atoms with Crippen molar-refractivity contribution in [2.75, 3.05) is 25.2 Å². The molecule has 0 aromatic carbocycles. The van der Waals surface area contributed by atoms with Crippen LogP contribution in [0.3, 0.4) is 0 Å². The quantitative estimate of drug-likeness (QED) is 0.771. The highest BCUT2D eigenvalue weighted by Crippen LogP contribution is 2.21. The molecule has 1 heterocycles. The van der Waals surface area contributed by atoms with E-state index in [1.54, 1.807) is 14.0 Å². The summed E-state index contributed by atoms with van der Waals surface area (Å²) in [6.07, 6.45) is 2.13. The maximum Gasteiger partial charge on any atom is 0.248 e. The van der Waals surface area contributed by atoms with Gasteiger partial charge in [-0.2, -0.15) is 11.8 Å². The minimum Gasteiger partial charge on any atom is -0.372 e. The molecular weight excluding hydrogens is 198 g/mol. The number of hydrogen-bond donors (Lipinski definition) is 1. The predicted octanol–water partition coefficient (Wildman–Crippen LogP) is 1.28. The first-order valence-corrected chi connectivity index (χ1v) is 6.27. The second-order valence-electron chi connectivity index (χ2n) is 3.68. The molecule has 82 valence electrons. The Balaban J connectivity index is 2.15. The number of rotatable bonds is 4. The van der Waals surface area contributed by atoms with Gasteiger partial charge in [-0.15, -0.1) is 0 Å². The van der Waals surface area contributed by atoms with Crippen molar-refractivity contribution in [1.82, 2.24) is 5.32 Å². The molecule has 1 N–H and O–H groups in total. The zero-order valence-electron chi connectivity index (χ0n) is 8.91. The third kappa shape index (κ3) is 3.88. The molecule has 0 bridgehead atoms. The van der Waals surface area contributed by atoms with Crippen LogP contribution in [0.5, 0.6) is 0 Å². The van der Waals surface area contributed by atoms with E-state index < -0.39 is 0 Å². The highest BCUT2D eigenvalue weighted by Gasteiger charge is 2.16. The maximum absolute atomic E-state index is 11.4. The first-order valence-electron chi connectivity index (χ1n) is 5.12. The van der Waals surface area contributed by atoms with E-state index in [1.807, 2.05) is 11.8 Å². The van der Waals surface area contributed by atoms with Gasteiger partial charge < -0.3 is 10.1 Å². The summed E-state index contributed by atoms with van der Waals surface area (Å²) in [6, 6.07) is 0. The average Bonchev–Trinajstić information content (AvgIpc) is 2.26. The summed E-state index contributed by atoms with van der Waals surface area (Å²) in [6.45, 7) is 2.58. The van der Waals surface area contributed by atoms with Gasteiger partial charge in [-0.1, -0.05) is 0 Å². The number of methoxy groups -OCH3 is 1. The molecule has 1 saturated heterocycles. The highest BCUT2D eigenvalue weighted by atomic mass is 32.2. The molecule has 1 unspecified atom stereocenters. The van der Waals surface area contributed by atoms with E-state index in [9.17, 15) is 4.79 Å². The third-order valence-electron chi connectivity index (χ3n) is 2.63. The second-order valence-corrected chi connectivity index (χ2v) is 4.90. The van der Waals surface area contributed by atoms with Gasteiger partial charge in [0.05, 0.1) is 0 Å². The number of nitrogens with one attached hydrogen (secondary N) is 1. The van der Waals surface area contributed by atoms with E-state index in [-0.39, 0.29) is 12.0 Å². The number of thioether (sulfide) groups is 1. The Labute approximate surface area is 90.0 Å². The molecule has 3 nitrogen and oxygen atoms in total. The van der Waals surface area contributed by atoms with Crippen LogP contribution in [0.1, 0.15) is 19.8 Å². The summed E-state index contributed by atoms with van der Waals surface area (Å²) in [5, 5.41) is 2.93. The minimum absolute atomic E-state index is 0.00530. The van der Waals surface area contributed by atoms with Crippen LogP contribution in [0.2, 0.25) is 0 Å². The van der Waals surface area contributed by atoms with Gasteiger partial charge in [-0.3, -0.25) is 4.79 Å². The zero-order valence-corrected chi connectivity index (χ0v) is 9.73. The van der Waals surface area contributed by atoms with Crippen molar-refractivity contribution in [1.29, 1.82) is 0 Å². The Hall–Kier alpha value is -0.220. The van der Waals surface area contributed by atoms with E-state index in [4.69, 9.17) is 4.74 Å². The number of ether oxygens (including phenoxy) is 1. The molecule has 1 fully saturated rings. The molecular formula is C10H19NO2S. The molecule has 0 spiro atoms. The Morgan fingerprint density at radius 1 is 1.57 bits per heavy atom. The summed E-state index contributed by atoms with van der Waals surface area (Å²) in [5.74, 6) is 3.15. The van der Waals surface area contributed by atoms with Crippen LogP contribution in [0.25, 0.3) is 0 Å². The largest absolute Gasteiger partial charge is 0.372 e. The fourth-order valence-corrected chi connectivity index (χ4v) is 2.65. The van der Waals surface area contributed by atoms with Gasteiger partial charge >= 0.3 is 0 Å². The Morgan fingerprint density at radius 3 is 2.79 bits per heavy atom. The lowest BCUT2D eigenvalue weighted by Gasteiger charge is -2.22. The van der Waals surface area contributed by atoms with Crippen LogP contribution >= 0.6 is 11.8 Å². The third-order valence-corrected chi connectivity index (χ3v) is 3.68. The normalized spacial score (nSPS) is 20.4. The summed E-state index contributed by atoms with van der Waals surface area (Å²) in [4.78, 5) is 11.4. The molecule has 0 aromatic rings. The van der Waals surface area contributed by atoms with Gasteiger partial charge in [0, 0.05) is 13.7 Å². The molecule has 4 heteroatoms. The lowest BCUT2D eigenvalue weighted by Crippen LogP contribution is -2.37. The Kier molecular flexibility index (Phi) is 5.33. The molecule has 0 aromatic heterocycles. The Bertz CT molecular complexity index is 181. The topological polar surface area (TPSA) is 38.3 Å². The van der Waals surface area contributed by atoms with Crippen molar-refractivity contribution < 1.29 is 9.53 Å². The lowest BCUT2D eigenvalue weighted by molar-refractivity contribution is -0.130. The number of carbonyl (C=O) groups is 1. The molecule has 14 heavy (non-hydrogen) atoms. The van der Waals surface area contributed by atoms with Gasteiger partial charge in [-0.25, -0.2) is 0 Å². The first-order chi connectivity index (χ1) is 6.74.